The van der Waals surface area contributed by atoms with Gasteiger partial charge in [-0.05, 0) is 18.9 Å². The molecule has 1 aromatic heterocycles. The molecular weight excluding hydrogens is 224 g/mol. The number of pyridine rings is 1. The maximum Gasteiger partial charge on any atom is 0.256 e. The zero-order chi connectivity index (χ0) is 11.5. The minimum Gasteiger partial charge on any atom is -0.339 e. The highest BCUT2D eigenvalue weighted by Crippen LogP contribution is 2.25. The van der Waals surface area contributed by atoms with Crippen LogP contribution in [0.5, 0.6) is 0 Å². The number of amides is 1. The van der Waals surface area contributed by atoms with Gasteiger partial charge in [-0.15, -0.1) is 0 Å². The van der Waals surface area contributed by atoms with Crippen LogP contribution in [0.1, 0.15) is 36.0 Å². The second kappa shape index (κ2) is 4.83. The fourth-order valence-electron chi connectivity index (χ4n) is 2.18. The molecule has 1 aliphatic carbocycles. The molecule has 0 aromatic carbocycles. The molecule has 0 atom stereocenters. The SMILES string of the molecule is CN(C(=O)c1cnccc1Cl)C1CCCC1. The number of halogens is 1. The topological polar surface area (TPSA) is 33.2 Å². The standard InChI is InChI=1S/C12H15ClN2O/c1-15(9-4-2-3-5-9)12(16)10-8-14-7-6-11(10)13/h6-9H,2-5H2,1H3. The Balaban J connectivity index is 2.15. The van der Waals surface area contributed by atoms with E-state index in [9.17, 15) is 4.79 Å². The summed E-state index contributed by atoms with van der Waals surface area (Å²) in [5.74, 6) is -0.0231. The summed E-state index contributed by atoms with van der Waals surface area (Å²) in [6.07, 6.45) is 7.75. The van der Waals surface area contributed by atoms with Crippen LogP contribution in [0.25, 0.3) is 0 Å². The van der Waals surface area contributed by atoms with E-state index in [0.717, 1.165) is 12.8 Å². The summed E-state index contributed by atoms with van der Waals surface area (Å²) < 4.78 is 0. The maximum absolute atomic E-state index is 12.2. The van der Waals surface area contributed by atoms with Crippen LogP contribution in [0.15, 0.2) is 18.5 Å². The summed E-state index contributed by atoms with van der Waals surface area (Å²) in [4.78, 5) is 17.9. The second-order valence-corrected chi connectivity index (χ2v) is 4.62. The first-order valence-corrected chi connectivity index (χ1v) is 5.94. The number of carbonyl (C=O) groups excluding carboxylic acids is 1. The minimum atomic E-state index is -0.0231. The average Bonchev–Trinajstić information content (AvgIpc) is 2.81. The molecule has 1 aromatic rings. The Morgan fingerprint density at radius 3 is 2.81 bits per heavy atom. The normalized spacial score (nSPS) is 16.4. The van der Waals surface area contributed by atoms with Crippen LogP contribution in [-0.2, 0) is 0 Å². The van der Waals surface area contributed by atoms with Gasteiger partial charge in [0.15, 0.2) is 0 Å². The highest BCUT2D eigenvalue weighted by atomic mass is 35.5. The summed E-state index contributed by atoms with van der Waals surface area (Å²) in [5, 5.41) is 0.477. The first kappa shape index (κ1) is 11.4. The molecule has 1 aliphatic rings. The van der Waals surface area contributed by atoms with E-state index in [-0.39, 0.29) is 5.91 Å². The van der Waals surface area contributed by atoms with Crippen LogP contribution >= 0.6 is 11.6 Å². The lowest BCUT2D eigenvalue weighted by atomic mass is 10.2. The Morgan fingerprint density at radius 1 is 1.50 bits per heavy atom. The van der Waals surface area contributed by atoms with Crippen LogP contribution in [-0.4, -0.2) is 28.9 Å². The number of rotatable bonds is 2. The minimum absolute atomic E-state index is 0.0231. The lowest BCUT2D eigenvalue weighted by molar-refractivity contribution is 0.0735. The predicted octanol–water partition coefficient (Wildman–Crippen LogP) is 2.75. The number of aromatic nitrogens is 1. The predicted molar refractivity (Wildman–Crippen MR) is 63.6 cm³/mol. The molecule has 4 heteroatoms. The molecule has 1 saturated carbocycles. The van der Waals surface area contributed by atoms with Gasteiger partial charge in [0, 0.05) is 25.5 Å². The van der Waals surface area contributed by atoms with Crippen molar-refractivity contribution in [2.45, 2.75) is 31.7 Å². The monoisotopic (exact) mass is 238 g/mol. The third kappa shape index (κ3) is 2.19. The molecule has 0 saturated heterocycles. The molecule has 1 heterocycles. The first-order chi connectivity index (χ1) is 7.70. The lowest BCUT2D eigenvalue weighted by Crippen LogP contribution is -2.35. The quantitative estimate of drug-likeness (QED) is 0.794. The number of hydrogen-bond donors (Lipinski definition) is 0. The van der Waals surface area contributed by atoms with Crippen LogP contribution in [0.4, 0.5) is 0 Å². The van der Waals surface area contributed by atoms with Crippen molar-refractivity contribution in [2.75, 3.05) is 7.05 Å². The van der Waals surface area contributed by atoms with Gasteiger partial charge in [-0.3, -0.25) is 9.78 Å². The average molecular weight is 239 g/mol. The van der Waals surface area contributed by atoms with E-state index >= 15 is 0 Å². The van der Waals surface area contributed by atoms with Crippen molar-refractivity contribution in [2.24, 2.45) is 0 Å². The van der Waals surface area contributed by atoms with Crippen molar-refractivity contribution >= 4 is 17.5 Å². The highest BCUT2D eigenvalue weighted by Gasteiger charge is 2.25. The molecule has 0 unspecified atom stereocenters. The summed E-state index contributed by atoms with van der Waals surface area (Å²) in [6.45, 7) is 0. The molecule has 0 spiro atoms. The van der Waals surface area contributed by atoms with Crippen molar-refractivity contribution in [3.8, 4) is 0 Å². The Hall–Kier alpha value is -1.09. The summed E-state index contributed by atoms with van der Waals surface area (Å²) in [6, 6.07) is 2.01. The number of nitrogens with zero attached hydrogens (tertiary/aromatic N) is 2. The van der Waals surface area contributed by atoms with Gasteiger partial charge in [-0.2, -0.15) is 0 Å². The Bertz CT molecular complexity index is 388. The van der Waals surface area contributed by atoms with Crippen LogP contribution in [0.2, 0.25) is 5.02 Å². The van der Waals surface area contributed by atoms with E-state index in [0.29, 0.717) is 16.6 Å². The van der Waals surface area contributed by atoms with Crippen molar-refractivity contribution in [3.63, 3.8) is 0 Å². The molecule has 16 heavy (non-hydrogen) atoms. The lowest BCUT2D eigenvalue weighted by Gasteiger charge is -2.24. The first-order valence-electron chi connectivity index (χ1n) is 5.57. The zero-order valence-electron chi connectivity index (χ0n) is 9.32. The van der Waals surface area contributed by atoms with Crippen molar-refractivity contribution < 1.29 is 4.79 Å². The van der Waals surface area contributed by atoms with E-state index in [2.05, 4.69) is 4.98 Å². The third-order valence-electron chi connectivity index (χ3n) is 3.19. The molecule has 1 amide bonds. The molecule has 0 aliphatic heterocycles. The van der Waals surface area contributed by atoms with E-state index < -0.39 is 0 Å². The van der Waals surface area contributed by atoms with Gasteiger partial charge in [0.05, 0.1) is 10.6 Å². The van der Waals surface area contributed by atoms with Crippen molar-refractivity contribution in [3.05, 3.63) is 29.0 Å². The van der Waals surface area contributed by atoms with Crippen LogP contribution < -0.4 is 0 Å². The maximum atomic E-state index is 12.2. The van der Waals surface area contributed by atoms with Crippen molar-refractivity contribution in [1.29, 1.82) is 0 Å². The van der Waals surface area contributed by atoms with Gasteiger partial charge in [-0.1, -0.05) is 24.4 Å². The van der Waals surface area contributed by atoms with E-state index in [1.54, 1.807) is 17.2 Å². The van der Waals surface area contributed by atoms with Gasteiger partial charge >= 0.3 is 0 Å². The van der Waals surface area contributed by atoms with Crippen molar-refractivity contribution in [1.82, 2.24) is 9.88 Å². The number of carbonyl (C=O) groups is 1. The molecule has 0 bridgehead atoms. The van der Waals surface area contributed by atoms with Gasteiger partial charge in [0.2, 0.25) is 0 Å². The Labute approximate surface area is 100 Å². The van der Waals surface area contributed by atoms with Crippen LogP contribution in [0.3, 0.4) is 0 Å². The molecule has 0 N–H and O–H groups in total. The summed E-state index contributed by atoms with van der Waals surface area (Å²) >= 11 is 5.98. The highest BCUT2D eigenvalue weighted by molar-refractivity contribution is 6.33. The molecular formula is C12H15ClN2O. The second-order valence-electron chi connectivity index (χ2n) is 4.21. The Morgan fingerprint density at radius 2 is 2.19 bits per heavy atom. The molecule has 0 radical (unpaired) electrons. The van der Waals surface area contributed by atoms with E-state index in [4.69, 9.17) is 11.6 Å². The molecule has 2 rings (SSSR count). The fraction of sp³-hybridized carbons (Fsp3) is 0.500. The number of hydrogen-bond acceptors (Lipinski definition) is 2. The third-order valence-corrected chi connectivity index (χ3v) is 3.52. The fourth-order valence-corrected chi connectivity index (χ4v) is 2.37. The van der Waals surface area contributed by atoms with Gasteiger partial charge in [0.25, 0.3) is 5.91 Å². The zero-order valence-corrected chi connectivity index (χ0v) is 10.1. The van der Waals surface area contributed by atoms with Gasteiger partial charge < -0.3 is 4.90 Å². The Kier molecular flexibility index (Phi) is 3.44. The smallest absolute Gasteiger partial charge is 0.256 e. The summed E-state index contributed by atoms with van der Waals surface area (Å²) in [5.41, 5.74) is 0.499. The largest absolute Gasteiger partial charge is 0.339 e. The molecule has 1 fully saturated rings. The van der Waals surface area contributed by atoms with Crippen LogP contribution in [0, 0.1) is 0 Å². The van der Waals surface area contributed by atoms with E-state index in [1.807, 2.05) is 7.05 Å². The summed E-state index contributed by atoms with van der Waals surface area (Å²) in [7, 11) is 1.85. The molecule has 86 valence electrons. The van der Waals surface area contributed by atoms with E-state index in [1.165, 1.54) is 19.0 Å². The van der Waals surface area contributed by atoms with Gasteiger partial charge in [-0.25, -0.2) is 0 Å². The van der Waals surface area contributed by atoms with Gasteiger partial charge in [0.1, 0.15) is 0 Å². The molecule has 3 nitrogen and oxygen atoms in total.